The lowest BCUT2D eigenvalue weighted by molar-refractivity contribution is 0.0983. The van der Waals surface area contributed by atoms with E-state index >= 15 is 0 Å². The quantitative estimate of drug-likeness (QED) is 0.556. The maximum Gasteiger partial charge on any atom is 0.310 e. The van der Waals surface area contributed by atoms with Crippen molar-refractivity contribution in [1.29, 1.82) is 0 Å². The summed E-state index contributed by atoms with van der Waals surface area (Å²) in [5.74, 6) is 0. The molecule has 0 radical (unpaired) electrons. The fraction of sp³-hybridized carbons (Fsp3) is 0.211. The second-order valence-electron chi connectivity index (χ2n) is 6.22. The van der Waals surface area contributed by atoms with Crippen LogP contribution in [0.15, 0.2) is 52.8 Å². The Kier molecular flexibility index (Phi) is 4.65. The third-order valence-electron chi connectivity index (χ3n) is 4.38. The van der Waals surface area contributed by atoms with Gasteiger partial charge in [-0.1, -0.05) is 23.5 Å². The summed E-state index contributed by atoms with van der Waals surface area (Å²) in [6, 6.07) is 11.1. The molecule has 0 aliphatic heterocycles. The van der Waals surface area contributed by atoms with Gasteiger partial charge in [-0.3, -0.25) is 14.3 Å². The van der Waals surface area contributed by atoms with Crippen molar-refractivity contribution in [3.05, 3.63) is 68.9 Å². The van der Waals surface area contributed by atoms with Gasteiger partial charge < -0.3 is 9.84 Å². The number of hydrogen-bond donors (Lipinski definition) is 1. The number of pyridine rings is 1. The largest absolute Gasteiger partial charge is 0.379 e. The second kappa shape index (κ2) is 6.97. The van der Waals surface area contributed by atoms with E-state index in [9.17, 15) is 9.90 Å². The van der Waals surface area contributed by atoms with E-state index in [0.717, 1.165) is 32.3 Å². The number of aromatic nitrogens is 3. The number of methoxy groups -OCH3 is 1. The summed E-state index contributed by atoms with van der Waals surface area (Å²) in [4.78, 5) is 20.9. The van der Waals surface area contributed by atoms with Gasteiger partial charge in [-0.25, -0.2) is 4.98 Å². The first-order valence-corrected chi connectivity index (χ1v) is 9.93. The molecule has 4 rings (SSSR count). The summed E-state index contributed by atoms with van der Waals surface area (Å²) in [6.45, 7) is 1.91. The average Bonchev–Trinajstić information content (AvgIpc) is 3.28. The number of ether oxygens (including phenoxy) is 1. The van der Waals surface area contributed by atoms with Crippen LogP contribution in [-0.4, -0.2) is 26.8 Å². The molecule has 0 saturated carbocycles. The molecule has 3 heterocycles. The number of benzene rings is 1. The van der Waals surface area contributed by atoms with E-state index in [0.29, 0.717) is 11.3 Å². The van der Waals surface area contributed by atoms with E-state index < -0.39 is 5.60 Å². The molecule has 1 aromatic carbocycles. The van der Waals surface area contributed by atoms with Crippen LogP contribution in [0.3, 0.4) is 0 Å². The van der Waals surface area contributed by atoms with Crippen LogP contribution in [0.5, 0.6) is 0 Å². The van der Waals surface area contributed by atoms with Crippen molar-refractivity contribution >= 4 is 32.9 Å². The molecule has 0 spiro atoms. The Morgan fingerprint density at radius 1 is 1.30 bits per heavy atom. The molecular formula is C19H17N3O3S2. The van der Waals surface area contributed by atoms with Crippen LogP contribution < -0.4 is 4.87 Å². The zero-order valence-corrected chi connectivity index (χ0v) is 16.4. The van der Waals surface area contributed by atoms with E-state index in [-0.39, 0.29) is 11.6 Å². The zero-order chi connectivity index (χ0) is 19.0. The van der Waals surface area contributed by atoms with Crippen LogP contribution in [0.25, 0.3) is 20.9 Å². The average molecular weight is 399 g/mol. The predicted molar refractivity (Wildman–Crippen MR) is 107 cm³/mol. The maximum absolute atomic E-state index is 12.1. The van der Waals surface area contributed by atoms with Gasteiger partial charge in [-0.2, -0.15) is 0 Å². The van der Waals surface area contributed by atoms with Gasteiger partial charge >= 0.3 is 4.87 Å². The molecule has 0 aliphatic rings. The molecule has 0 fully saturated rings. The van der Waals surface area contributed by atoms with Crippen molar-refractivity contribution in [2.45, 2.75) is 19.3 Å². The molecule has 1 unspecified atom stereocenters. The Morgan fingerprint density at radius 3 is 2.89 bits per heavy atom. The zero-order valence-electron chi connectivity index (χ0n) is 14.7. The Bertz CT molecular complexity index is 1150. The fourth-order valence-corrected chi connectivity index (χ4v) is 4.69. The molecule has 138 valence electrons. The monoisotopic (exact) mass is 399 g/mol. The highest BCUT2D eigenvalue weighted by Crippen LogP contribution is 2.34. The van der Waals surface area contributed by atoms with Crippen molar-refractivity contribution in [2.75, 3.05) is 7.11 Å². The third-order valence-corrected chi connectivity index (χ3v) is 6.18. The standard InChI is InChI=1S/C19H17N3O3S2/c1-19(24,16-10-26-17(21-16)13-5-3-4-8-20-13)12-6-7-14-15(9-12)27-18(23)22(14)11-25-2/h3-10,24H,11H2,1-2H3. The van der Waals surface area contributed by atoms with Crippen LogP contribution >= 0.6 is 22.7 Å². The van der Waals surface area contributed by atoms with Crippen LogP contribution in [0.1, 0.15) is 18.2 Å². The summed E-state index contributed by atoms with van der Waals surface area (Å²) < 4.78 is 7.46. The highest BCUT2D eigenvalue weighted by Gasteiger charge is 2.29. The van der Waals surface area contributed by atoms with Gasteiger partial charge in [0.25, 0.3) is 0 Å². The van der Waals surface area contributed by atoms with Crippen molar-refractivity contribution < 1.29 is 9.84 Å². The Balaban J connectivity index is 1.74. The minimum Gasteiger partial charge on any atom is -0.379 e. The van der Waals surface area contributed by atoms with Crippen LogP contribution in [0.4, 0.5) is 0 Å². The number of aliphatic hydroxyl groups is 1. The lowest BCUT2D eigenvalue weighted by Gasteiger charge is -2.21. The first-order valence-electron chi connectivity index (χ1n) is 8.23. The lowest BCUT2D eigenvalue weighted by atomic mass is 9.93. The van der Waals surface area contributed by atoms with Crippen molar-refractivity contribution in [3.8, 4) is 10.7 Å². The van der Waals surface area contributed by atoms with Gasteiger partial charge in [-0.15, -0.1) is 11.3 Å². The number of fused-ring (bicyclic) bond motifs is 1. The summed E-state index contributed by atoms with van der Waals surface area (Å²) >= 11 is 2.57. The van der Waals surface area contributed by atoms with Crippen molar-refractivity contribution in [2.24, 2.45) is 0 Å². The SMILES string of the molecule is COCn1c(=O)sc2cc(C(C)(O)c3csc(-c4ccccn4)n3)ccc21. The summed E-state index contributed by atoms with van der Waals surface area (Å²) in [6.07, 6.45) is 1.72. The third kappa shape index (κ3) is 3.21. The molecule has 1 atom stereocenters. The number of hydrogen-bond acceptors (Lipinski definition) is 7. The van der Waals surface area contributed by atoms with Crippen molar-refractivity contribution in [1.82, 2.24) is 14.5 Å². The topological polar surface area (TPSA) is 77.2 Å². The molecule has 0 saturated heterocycles. The lowest BCUT2D eigenvalue weighted by Crippen LogP contribution is -2.23. The van der Waals surface area contributed by atoms with Crippen LogP contribution in [-0.2, 0) is 17.1 Å². The van der Waals surface area contributed by atoms with E-state index in [4.69, 9.17) is 4.74 Å². The Labute approximate surface area is 163 Å². The highest BCUT2D eigenvalue weighted by molar-refractivity contribution is 7.16. The fourth-order valence-electron chi connectivity index (χ4n) is 2.87. The highest BCUT2D eigenvalue weighted by atomic mass is 32.1. The van der Waals surface area contributed by atoms with Gasteiger partial charge in [0.2, 0.25) is 0 Å². The van der Waals surface area contributed by atoms with Gasteiger partial charge in [0, 0.05) is 18.7 Å². The van der Waals surface area contributed by atoms with Crippen LogP contribution in [0, 0.1) is 0 Å². The molecule has 8 heteroatoms. The summed E-state index contributed by atoms with van der Waals surface area (Å²) in [5.41, 5.74) is 1.51. The Morgan fingerprint density at radius 2 is 2.15 bits per heavy atom. The predicted octanol–water partition coefficient (Wildman–Crippen LogP) is 3.44. The molecule has 4 aromatic rings. The van der Waals surface area contributed by atoms with Gasteiger partial charge in [0.1, 0.15) is 17.3 Å². The molecule has 6 nitrogen and oxygen atoms in total. The number of rotatable bonds is 5. The normalized spacial score (nSPS) is 13.7. The molecule has 0 amide bonds. The first-order chi connectivity index (χ1) is 13.0. The molecular weight excluding hydrogens is 382 g/mol. The van der Waals surface area contributed by atoms with Crippen molar-refractivity contribution in [3.63, 3.8) is 0 Å². The molecule has 1 N–H and O–H groups in total. The summed E-state index contributed by atoms with van der Waals surface area (Å²) in [5, 5.41) is 13.8. The van der Waals surface area contributed by atoms with E-state index in [1.165, 1.54) is 11.3 Å². The minimum absolute atomic E-state index is 0.0882. The Hall–Kier alpha value is -2.39. The number of nitrogens with zero attached hydrogens (tertiary/aromatic N) is 3. The van der Waals surface area contributed by atoms with Crippen LogP contribution in [0.2, 0.25) is 0 Å². The maximum atomic E-state index is 12.1. The molecule has 3 aromatic heterocycles. The minimum atomic E-state index is -1.28. The molecule has 27 heavy (non-hydrogen) atoms. The van der Waals surface area contributed by atoms with E-state index in [1.807, 2.05) is 41.8 Å². The second-order valence-corrected chi connectivity index (χ2v) is 8.07. The first kappa shape index (κ1) is 18.0. The molecule has 0 bridgehead atoms. The van der Waals surface area contributed by atoms with Gasteiger partial charge in [0.05, 0.1) is 21.6 Å². The van der Waals surface area contributed by atoms with Gasteiger partial charge in [-0.05, 0) is 36.8 Å². The molecule has 0 aliphatic carbocycles. The van der Waals surface area contributed by atoms with E-state index in [1.54, 1.807) is 24.8 Å². The van der Waals surface area contributed by atoms with E-state index in [2.05, 4.69) is 9.97 Å². The summed E-state index contributed by atoms with van der Waals surface area (Å²) in [7, 11) is 1.55. The van der Waals surface area contributed by atoms with Gasteiger partial charge in [0.15, 0.2) is 0 Å². The smallest absolute Gasteiger partial charge is 0.310 e. The number of thiazole rings is 2.